The number of hydroxylamine groups is 1. The van der Waals surface area contributed by atoms with Gasteiger partial charge in [-0.3, -0.25) is 19.2 Å². The number of benzene rings is 1. The van der Waals surface area contributed by atoms with Gasteiger partial charge in [0.2, 0.25) is 5.91 Å². The first-order chi connectivity index (χ1) is 14.4. The fraction of sp³-hybridized carbons (Fsp3) is 0.609. The molecule has 0 aliphatic carbocycles. The van der Waals surface area contributed by atoms with Crippen LogP contribution in [0.25, 0.3) is 0 Å². The molecule has 0 aromatic heterocycles. The maximum atomic E-state index is 13.0. The van der Waals surface area contributed by atoms with Crippen molar-refractivity contribution in [3.05, 3.63) is 35.9 Å². The van der Waals surface area contributed by atoms with E-state index in [9.17, 15) is 19.5 Å². The third kappa shape index (κ3) is 9.93. The summed E-state index contributed by atoms with van der Waals surface area (Å²) in [6.45, 7) is 10.9. The number of rotatable bonds is 11. The first-order valence-electron chi connectivity index (χ1n) is 10.5. The lowest BCUT2D eigenvalue weighted by atomic mass is 9.85. The molecule has 0 aliphatic heterocycles. The normalized spacial score (nSPS) is 14.5. The molecule has 0 fully saturated rings. The van der Waals surface area contributed by atoms with Crippen molar-refractivity contribution in [1.82, 2.24) is 10.8 Å². The van der Waals surface area contributed by atoms with Crippen LogP contribution in [0.1, 0.15) is 53.5 Å². The second kappa shape index (κ2) is 12.4. The minimum absolute atomic E-state index is 0.00144. The fourth-order valence-electron chi connectivity index (χ4n) is 2.88. The highest BCUT2D eigenvalue weighted by Gasteiger charge is 2.36. The average molecular weight is 437 g/mol. The number of hydrogen-bond acceptors (Lipinski definition) is 6. The van der Waals surface area contributed by atoms with Crippen molar-refractivity contribution < 1.29 is 29.1 Å². The van der Waals surface area contributed by atoms with E-state index in [2.05, 4.69) is 10.8 Å². The van der Waals surface area contributed by atoms with Crippen molar-refractivity contribution >= 4 is 17.8 Å². The first kappa shape index (κ1) is 26.6. The summed E-state index contributed by atoms with van der Waals surface area (Å²) in [5, 5.41) is 13.4. The molecule has 0 heterocycles. The number of aliphatic hydroxyl groups is 1. The molecule has 3 atom stereocenters. The Hall–Kier alpha value is -2.45. The van der Waals surface area contributed by atoms with Gasteiger partial charge in [0, 0.05) is 6.92 Å². The molecule has 174 valence electrons. The molecule has 0 unspecified atom stereocenters. The highest BCUT2D eigenvalue weighted by Crippen LogP contribution is 2.22. The minimum atomic E-state index is -1.59. The van der Waals surface area contributed by atoms with Gasteiger partial charge in [-0.05, 0) is 23.3 Å². The quantitative estimate of drug-likeness (QED) is 0.362. The Balaban J connectivity index is 2.80. The Bertz CT molecular complexity index is 715. The number of aliphatic hydroxyl groups excluding tert-OH is 1. The zero-order valence-corrected chi connectivity index (χ0v) is 19.3. The van der Waals surface area contributed by atoms with Crippen LogP contribution in [0.3, 0.4) is 0 Å². The summed E-state index contributed by atoms with van der Waals surface area (Å²) in [5.41, 5.74) is 2.68. The zero-order valence-electron chi connectivity index (χ0n) is 19.3. The second-order valence-corrected chi connectivity index (χ2v) is 9.15. The number of esters is 1. The molecule has 0 aliphatic rings. The van der Waals surface area contributed by atoms with E-state index in [1.165, 1.54) is 6.92 Å². The van der Waals surface area contributed by atoms with Crippen LogP contribution in [0.2, 0.25) is 0 Å². The van der Waals surface area contributed by atoms with E-state index in [0.717, 1.165) is 5.56 Å². The SMILES string of the molecule is CC(=O)OC[C@@H](NC(=O)[C@H](CC(C)C)[C@H](O)C(=O)NOCc1ccccc1)C(C)(C)C. The molecule has 0 saturated carbocycles. The molecular formula is C23H36N2O6. The number of ether oxygens (including phenoxy) is 1. The van der Waals surface area contributed by atoms with Gasteiger partial charge in [0.05, 0.1) is 18.6 Å². The third-order valence-electron chi connectivity index (χ3n) is 4.78. The molecule has 0 bridgehead atoms. The molecule has 0 radical (unpaired) electrons. The Kier molecular flexibility index (Phi) is 10.6. The van der Waals surface area contributed by atoms with Crippen molar-refractivity contribution in [3.8, 4) is 0 Å². The highest BCUT2D eigenvalue weighted by atomic mass is 16.7. The molecule has 2 amide bonds. The lowest BCUT2D eigenvalue weighted by molar-refractivity contribution is -0.151. The molecule has 0 saturated heterocycles. The summed E-state index contributed by atoms with van der Waals surface area (Å²) in [4.78, 5) is 41.8. The van der Waals surface area contributed by atoms with Gasteiger partial charge in [-0.2, -0.15) is 0 Å². The van der Waals surface area contributed by atoms with Gasteiger partial charge in [0.1, 0.15) is 12.7 Å². The van der Waals surface area contributed by atoms with Gasteiger partial charge in [-0.1, -0.05) is 65.0 Å². The Morgan fingerprint density at radius 1 is 1.06 bits per heavy atom. The maximum absolute atomic E-state index is 13.0. The van der Waals surface area contributed by atoms with Gasteiger partial charge in [-0.25, -0.2) is 5.48 Å². The fourth-order valence-corrected chi connectivity index (χ4v) is 2.88. The zero-order chi connectivity index (χ0) is 23.6. The molecule has 31 heavy (non-hydrogen) atoms. The number of amides is 2. The van der Waals surface area contributed by atoms with E-state index in [1.807, 2.05) is 65.0 Å². The van der Waals surface area contributed by atoms with Crippen LogP contribution in [0.4, 0.5) is 0 Å². The topological polar surface area (TPSA) is 114 Å². The van der Waals surface area contributed by atoms with Crippen LogP contribution in [-0.2, 0) is 30.6 Å². The smallest absolute Gasteiger partial charge is 0.302 e. The van der Waals surface area contributed by atoms with Crippen LogP contribution in [-0.4, -0.2) is 41.6 Å². The second-order valence-electron chi connectivity index (χ2n) is 9.15. The summed E-state index contributed by atoms with van der Waals surface area (Å²) < 4.78 is 5.08. The van der Waals surface area contributed by atoms with Crippen molar-refractivity contribution in [3.63, 3.8) is 0 Å². The van der Waals surface area contributed by atoms with Crippen LogP contribution in [0.15, 0.2) is 30.3 Å². The molecule has 3 N–H and O–H groups in total. The van der Waals surface area contributed by atoms with Gasteiger partial charge >= 0.3 is 5.97 Å². The maximum Gasteiger partial charge on any atom is 0.302 e. The van der Waals surface area contributed by atoms with Gasteiger partial charge < -0.3 is 15.2 Å². The Morgan fingerprint density at radius 2 is 1.68 bits per heavy atom. The van der Waals surface area contributed by atoms with Crippen LogP contribution < -0.4 is 10.8 Å². The van der Waals surface area contributed by atoms with E-state index in [4.69, 9.17) is 9.57 Å². The van der Waals surface area contributed by atoms with Crippen molar-refractivity contribution in [2.75, 3.05) is 6.61 Å². The standard InChI is InChI=1S/C23H36N2O6/c1-15(2)12-18(21(28)24-19(23(4,5)6)14-30-16(3)26)20(27)22(29)25-31-13-17-10-8-7-9-11-17/h7-11,15,18-20,27H,12-14H2,1-6H3,(H,24,28)(H,25,29)/t18-,19-,20+/m1/s1. The lowest BCUT2D eigenvalue weighted by Crippen LogP contribution is -2.53. The highest BCUT2D eigenvalue weighted by molar-refractivity contribution is 5.89. The molecule has 8 nitrogen and oxygen atoms in total. The molecule has 0 spiro atoms. The molecule has 1 aromatic carbocycles. The molecule has 1 rings (SSSR count). The predicted molar refractivity (Wildman–Crippen MR) is 116 cm³/mol. The Morgan fingerprint density at radius 3 is 2.19 bits per heavy atom. The molecule has 1 aromatic rings. The first-order valence-corrected chi connectivity index (χ1v) is 10.5. The average Bonchev–Trinajstić information content (AvgIpc) is 2.68. The number of carbonyl (C=O) groups is 3. The summed E-state index contributed by atoms with van der Waals surface area (Å²) in [5.74, 6) is -2.64. The third-order valence-corrected chi connectivity index (χ3v) is 4.78. The van der Waals surface area contributed by atoms with Crippen molar-refractivity contribution in [2.24, 2.45) is 17.3 Å². The van der Waals surface area contributed by atoms with E-state index >= 15 is 0 Å². The summed E-state index contributed by atoms with van der Waals surface area (Å²) >= 11 is 0. The van der Waals surface area contributed by atoms with Gasteiger partial charge in [-0.15, -0.1) is 0 Å². The van der Waals surface area contributed by atoms with E-state index < -0.39 is 41.3 Å². The van der Waals surface area contributed by atoms with Crippen LogP contribution >= 0.6 is 0 Å². The van der Waals surface area contributed by atoms with E-state index in [1.54, 1.807) is 0 Å². The minimum Gasteiger partial charge on any atom is -0.464 e. The Labute approximate surface area is 184 Å². The van der Waals surface area contributed by atoms with Crippen LogP contribution in [0.5, 0.6) is 0 Å². The molecular weight excluding hydrogens is 400 g/mol. The summed E-state index contributed by atoms with van der Waals surface area (Å²) in [6, 6.07) is 8.76. The molecule has 8 heteroatoms. The lowest BCUT2D eigenvalue weighted by Gasteiger charge is -2.33. The number of carbonyl (C=O) groups excluding carboxylic acids is 3. The van der Waals surface area contributed by atoms with Crippen molar-refractivity contribution in [2.45, 2.75) is 66.7 Å². The van der Waals surface area contributed by atoms with Gasteiger partial charge in [0.15, 0.2) is 0 Å². The predicted octanol–water partition coefficient (Wildman–Crippen LogP) is 2.35. The van der Waals surface area contributed by atoms with E-state index in [-0.39, 0.29) is 19.1 Å². The van der Waals surface area contributed by atoms with Crippen molar-refractivity contribution in [1.29, 1.82) is 0 Å². The monoisotopic (exact) mass is 436 g/mol. The largest absolute Gasteiger partial charge is 0.464 e. The van der Waals surface area contributed by atoms with Gasteiger partial charge in [0.25, 0.3) is 5.91 Å². The summed E-state index contributed by atoms with van der Waals surface area (Å²) in [6.07, 6.45) is -1.30. The summed E-state index contributed by atoms with van der Waals surface area (Å²) in [7, 11) is 0. The van der Waals surface area contributed by atoms with E-state index in [0.29, 0.717) is 6.42 Å². The number of nitrogens with one attached hydrogen (secondary N) is 2. The van der Waals surface area contributed by atoms with Crippen LogP contribution in [0, 0.1) is 17.3 Å². The number of hydrogen-bond donors (Lipinski definition) is 3.